The Hall–Kier alpha value is -1.99. The van der Waals surface area contributed by atoms with E-state index in [4.69, 9.17) is 4.74 Å². The molecule has 0 bridgehead atoms. The molecule has 0 unspecified atom stereocenters. The number of morpholine rings is 1. The Labute approximate surface area is 116 Å². The van der Waals surface area contributed by atoms with Crippen molar-refractivity contribution in [2.75, 3.05) is 38.2 Å². The van der Waals surface area contributed by atoms with Gasteiger partial charge in [-0.05, 0) is 13.0 Å². The molecule has 0 aromatic heterocycles. The average Bonchev–Trinajstić information content (AvgIpc) is 2.41. The lowest BCUT2D eigenvalue weighted by Crippen LogP contribution is -2.41. The van der Waals surface area contributed by atoms with Crippen LogP contribution in [0.4, 0.5) is 11.4 Å². The summed E-state index contributed by atoms with van der Waals surface area (Å²) in [5.41, 5.74) is 1.02. The van der Waals surface area contributed by atoms with Crippen LogP contribution in [0.5, 0.6) is 0 Å². The predicted molar refractivity (Wildman–Crippen MR) is 73.7 cm³/mol. The molecule has 1 heterocycles. The minimum absolute atomic E-state index is 0.00849. The van der Waals surface area contributed by atoms with E-state index in [2.05, 4.69) is 5.32 Å². The molecule has 1 N–H and O–H groups in total. The molecule has 1 aromatic rings. The van der Waals surface area contributed by atoms with Crippen molar-refractivity contribution in [3.05, 3.63) is 33.9 Å². The standard InChI is InChI=1S/C13H17N3O4/c1-10-2-3-11(8-12(10)16(18)19)14-13(17)9-15-4-6-20-7-5-15/h2-3,8H,4-7,9H2,1H3,(H,14,17). The Morgan fingerprint density at radius 3 is 2.80 bits per heavy atom. The van der Waals surface area contributed by atoms with Crippen LogP contribution in [-0.4, -0.2) is 48.6 Å². The first-order valence-corrected chi connectivity index (χ1v) is 6.41. The van der Waals surface area contributed by atoms with Crippen molar-refractivity contribution in [2.45, 2.75) is 6.92 Å². The SMILES string of the molecule is Cc1ccc(NC(=O)CN2CCOCC2)cc1[N+](=O)[O-]. The molecule has 20 heavy (non-hydrogen) atoms. The first-order chi connectivity index (χ1) is 9.56. The normalized spacial score (nSPS) is 15.8. The second-order valence-corrected chi connectivity index (χ2v) is 4.70. The molecule has 0 aliphatic carbocycles. The second kappa shape index (κ2) is 6.44. The van der Waals surface area contributed by atoms with Crippen LogP contribution in [0.3, 0.4) is 0 Å². The van der Waals surface area contributed by atoms with Crippen LogP contribution in [0.25, 0.3) is 0 Å². The number of carbonyl (C=O) groups is 1. The van der Waals surface area contributed by atoms with Gasteiger partial charge in [-0.25, -0.2) is 0 Å². The summed E-state index contributed by atoms with van der Waals surface area (Å²) in [7, 11) is 0. The molecule has 108 valence electrons. The first kappa shape index (κ1) is 14.4. The van der Waals surface area contributed by atoms with Crippen molar-refractivity contribution >= 4 is 17.3 Å². The molecule has 0 radical (unpaired) electrons. The molecule has 1 aromatic carbocycles. The third-order valence-electron chi connectivity index (χ3n) is 3.16. The maximum Gasteiger partial charge on any atom is 0.274 e. The fourth-order valence-electron chi connectivity index (χ4n) is 2.05. The van der Waals surface area contributed by atoms with E-state index in [-0.39, 0.29) is 18.1 Å². The summed E-state index contributed by atoms with van der Waals surface area (Å²) in [6, 6.07) is 4.68. The molecule has 0 spiro atoms. The molecule has 2 rings (SSSR count). The second-order valence-electron chi connectivity index (χ2n) is 4.70. The van der Waals surface area contributed by atoms with Gasteiger partial charge in [0.1, 0.15) is 0 Å². The maximum atomic E-state index is 11.9. The van der Waals surface area contributed by atoms with Gasteiger partial charge < -0.3 is 10.1 Å². The number of benzene rings is 1. The third kappa shape index (κ3) is 3.75. The van der Waals surface area contributed by atoms with Crippen molar-refractivity contribution in [1.82, 2.24) is 4.90 Å². The van der Waals surface area contributed by atoms with Gasteiger partial charge in [0.2, 0.25) is 5.91 Å². The number of anilines is 1. The van der Waals surface area contributed by atoms with E-state index >= 15 is 0 Å². The highest BCUT2D eigenvalue weighted by Gasteiger charge is 2.16. The van der Waals surface area contributed by atoms with Crippen molar-refractivity contribution < 1.29 is 14.5 Å². The Morgan fingerprint density at radius 1 is 1.45 bits per heavy atom. The summed E-state index contributed by atoms with van der Waals surface area (Å²) < 4.78 is 5.21. The number of carbonyl (C=O) groups excluding carboxylic acids is 1. The van der Waals surface area contributed by atoms with E-state index in [1.165, 1.54) is 6.07 Å². The largest absolute Gasteiger partial charge is 0.379 e. The number of nitro groups is 1. The number of amides is 1. The van der Waals surface area contributed by atoms with Gasteiger partial charge >= 0.3 is 0 Å². The van der Waals surface area contributed by atoms with Crippen molar-refractivity contribution in [1.29, 1.82) is 0 Å². The predicted octanol–water partition coefficient (Wildman–Crippen LogP) is 1.17. The quantitative estimate of drug-likeness (QED) is 0.660. The molecular weight excluding hydrogens is 262 g/mol. The lowest BCUT2D eigenvalue weighted by atomic mass is 10.2. The van der Waals surface area contributed by atoms with E-state index in [1.54, 1.807) is 19.1 Å². The average molecular weight is 279 g/mol. The monoisotopic (exact) mass is 279 g/mol. The van der Waals surface area contributed by atoms with Crippen LogP contribution in [0.15, 0.2) is 18.2 Å². The molecule has 1 amide bonds. The minimum Gasteiger partial charge on any atom is -0.379 e. The van der Waals surface area contributed by atoms with Gasteiger partial charge in [0.15, 0.2) is 0 Å². The van der Waals surface area contributed by atoms with Crippen LogP contribution in [0, 0.1) is 17.0 Å². The van der Waals surface area contributed by atoms with Crippen molar-refractivity contribution in [2.24, 2.45) is 0 Å². The highest BCUT2D eigenvalue weighted by Crippen LogP contribution is 2.22. The Balaban J connectivity index is 1.96. The number of nitrogens with one attached hydrogen (secondary N) is 1. The van der Waals surface area contributed by atoms with Gasteiger partial charge in [-0.15, -0.1) is 0 Å². The highest BCUT2D eigenvalue weighted by molar-refractivity contribution is 5.92. The number of aryl methyl sites for hydroxylation is 1. The summed E-state index contributed by atoms with van der Waals surface area (Å²) in [4.78, 5) is 24.3. The topological polar surface area (TPSA) is 84.7 Å². The van der Waals surface area contributed by atoms with Gasteiger partial charge in [0, 0.05) is 30.4 Å². The molecule has 1 fully saturated rings. The van der Waals surface area contributed by atoms with Crippen LogP contribution in [0.1, 0.15) is 5.56 Å². The zero-order valence-corrected chi connectivity index (χ0v) is 11.3. The van der Waals surface area contributed by atoms with E-state index in [0.717, 1.165) is 13.1 Å². The summed E-state index contributed by atoms with van der Waals surface area (Å²) in [6.07, 6.45) is 0. The molecule has 7 nitrogen and oxygen atoms in total. The zero-order chi connectivity index (χ0) is 14.5. The Kier molecular flexibility index (Phi) is 4.65. The molecule has 1 aliphatic heterocycles. The van der Waals surface area contributed by atoms with Crippen LogP contribution in [0.2, 0.25) is 0 Å². The fourth-order valence-corrected chi connectivity index (χ4v) is 2.05. The van der Waals surface area contributed by atoms with E-state index in [9.17, 15) is 14.9 Å². The first-order valence-electron chi connectivity index (χ1n) is 6.41. The van der Waals surface area contributed by atoms with Crippen LogP contribution in [-0.2, 0) is 9.53 Å². The molecule has 7 heteroatoms. The van der Waals surface area contributed by atoms with E-state index < -0.39 is 4.92 Å². The maximum absolute atomic E-state index is 11.9. The fraction of sp³-hybridized carbons (Fsp3) is 0.462. The lowest BCUT2D eigenvalue weighted by molar-refractivity contribution is -0.385. The lowest BCUT2D eigenvalue weighted by Gasteiger charge is -2.25. The highest BCUT2D eigenvalue weighted by atomic mass is 16.6. The van der Waals surface area contributed by atoms with Crippen molar-refractivity contribution in [3.8, 4) is 0 Å². The van der Waals surface area contributed by atoms with Crippen LogP contribution < -0.4 is 5.32 Å². The molecule has 0 saturated carbocycles. The zero-order valence-electron chi connectivity index (χ0n) is 11.3. The van der Waals surface area contributed by atoms with Gasteiger partial charge in [-0.1, -0.05) is 6.07 Å². The van der Waals surface area contributed by atoms with E-state index in [0.29, 0.717) is 24.5 Å². The number of ether oxygens (including phenoxy) is 1. The molecule has 1 aliphatic rings. The Bertz CT molecular complexity index is 512. The van der Waals surface area contributed by atoms with Gasteiger partial charge in [-0.2, -0.15) is 0 Å². The number of nitro benzene ring substituents is 1. The van der Waals surface area contributed by atoms with Gasteiger partial charge in [-0.3, -0.25) is 19.8 Å². The van der Waals surface area contributed by atoms with E-state index in [1.807, 2.05) is 4.90 Å². The van der Waals surface area contributed by atoms with Crippen LogP contribution >= 0.6 is 0 Å². The number of hydrogen-bond acceptors (Lipinski definition) is 5. The molecule has 1 saturated heterocycles. The number of hydrogen-bond donors (Lipinski definition) is 1. The molecule has 0 atom stereocenters. The minimum atomic E-state index is -0.451. The third-order valence-corrected chi connectivity index (χ3v) is 3.16. The summed E-state index contributed by atoms with van der Waals surface area (Å²) in [5, 5.41) is 13.5. The number of rotatable bonds is 4. The Morgan fingerprint density at radius 2 is 2.15 bits per heavy atom. The van der Waals surface area contributed by atoms with Crippen molar-refractivity contribution in [3.63, 3.8) is 0 Å². The summed E-state index contributed by atoms with van der Waals surface area (Å²) in [5.74, 6) is -0.176. The van der Waals surface area contributed by atoms with Gasteiger partial charge in [0.25, 0.3) is 5.69 Å². The van der Waals surface area contributed by atoms with Gasteiger partial charge in [0.05, 0.1) is 24.7 Å². The summed E-state index contributed by atoms with van der Waals surface area (Å²) >= 11 is 0. The molecular formula is C13H17N3O4. The number of nitrogens with zero attached hydrogens (tertiary/aromatic N) is 2. The smallest absolute Gasteiger partial charge is 0.274 e. The summed E-state index contributed by atoms with van der Waals surface area (Å²) in [6.45, 7) is 4.64.